The van der Waals surface area contributed by atoms with Gasteiger partial charge in [-0.3, -0.25) is 0 Å². The van der Waals surface area contributed by atoms with Crippen LogP contribution in [0.15, 0.2) is 108 Å². The van der Waals surface area contributed by atoms with E-state index in [1.807, 2.05) is 89.6 Å². The lowest BCUT2D eigenvalue weighted by atomic mass is 9.80. The molecule has 0 N–H and O–H groups in total. The number of aromatic nitrogens is 1. The van der Waals surface area contributed by atoms with Gasteiger partial charge in [0.25, 0.3) is 8.53 Å². The Morgan fingerprint density at radius 1 is 0.889 bits per heavy atom. The van der Waals surface area contributed by atoms with E-state index >= 15 is 0 Å². The first-order chi connectivity index (χ1) is 26.2. The molecule has 4 atom stereocenters. The molecule has 0 aliphatic carbocycles. The molecule has 0 saturated carbocycles. The third-order valence-corrected chi connectivity index (χ3v) is 12.1. The molecule has 0 radical (unpaired) electrons. The Bertz CT molecular complexity index is 1990. The number of nitriles is 1. The Hall–Kier alpha value is -4.11. The van der Waals surface area contributed by atoms with Crippen molar-refractivity contribution in [1.29, 1.82) is 5.26 Å². The van der Waals surface area contributed by atoms with Crippen molar-refractivity contribution in [2.24, 2.45) is 0 Å². The molecular weight excluding hydrogens is 722 g/mol. The molecule has 1 saturated heterocycles. The predicted octanol–water partition coefficient (Wildman–Crippen LogP) is 9.94. The van der Waals surface area contributed by atoms with Crippen LogP contribution in [0.2, 0.25) is 0 Å². The van der Waals surface area contributed by atoms with Gasteiger partial charge in [-0.1, -0.05) is 66.8 Å². The average Bonchev–Trinajstić information content (AvgIpc) is 3.83. The van der Waals surface area contributed by atoms with Crippen molar-refractivity contribution >= 4 is 31.7 Å². The molecule has 1 fully saturated rings. The van der Waals surface area contributed by atoms with E-state index in [4.69, 9.17) is 44.6 Å². The second-order valence-corrected chi connectivity index (χ2v) is 15.4. The van der Waals surface area contributed by atoms with Gasteiger partial charge in [0.15, 0.2) is 10.2 Å². The van der Waals surface area contributed by atoms with Crippen LogP contribution in [0.3, 0.4) is 0 Å². The Labute approximate surface area is 324 Å². The summed E-state index contributed by atoms with van der Waals surface area (Å²) in [6.07, 6.45) is 2.83. The van der Waals surface area contributed by atoms with E-state index < -0.39 is 32.6 Å². The number of nitrogens with zero attached hydrogens (tertiary/aromatic N) is 3. The van der Waals surface area contributed by atoms with E-state index in [0.717, 1.165) is 33.6 Å². The average molecular weight is 770 g/mol. The summed E-state index contributed by atoms with van der Waals surface area (Å²) in [6.45, 7) is 8.89. The van der Waals surface area contributed by atoms with Crippen LogP contribution >= 0.6 is 20.7 Å². The molecule has 1 aliphatic heterocycles. The lowest BCUT2D eigenvalue weighted by Gasteiger charge is -2.39. The summed E-state index contributed by atoms with van der Waals surface area (Å²) in [6, 6.07) is 32.4. The highest BCUT2D eigenvalue weighted by molar-refractivity contribution is 7.71. The van der Waals surface area contributed by atoms with Crippen molar-refractivity contribution in [3.8, 4) is 17.6 Å². The molecule has 1 unspecified atom stereocenters. The largest absolute Gasteiger partial charge is 0.497 e. The van der Waals surface area contributed by atoms with Crippen LogP contribution in [0.25, 0.3) is 11.0 Å². The fourth-order valence-corrected chi connectivity index (χ4v) is 9.12. The minimum atomic E-state index is -1.59. The molecule has 5 aromatic rings. The topological polar surface area (TPSA) is 100 Å². The van der Waals surface area contributed by atoms with Crippen LogP contribution < -0.4 is 9.47 Å². The zero-order chi connectivity index (χ0) is 38.2. The van der Waals surface area contributed by atoms with Crippen molar-refractivity contribution < 1.29 is 32.4 Å². The number of hydrogen-bond donors (Lipinski definition) is 0. The van der Waals surface area contributed by atoms with E-state index in [2.05, 4.69) is 50.6 Å². The molecule has 6 rings (SSSR count). The minimum absolute atomic E-state index is 0.122. The van der Waals surface area contributed by atoms with Crippen molar-refractivity contribution in [2.75, 3.05) is 27.4 Å². The number of hydrogen-bond acceptors (Lipinski definition) is 10. The van der Waals surface area contributed by atoms with Crippen LogP contribution in [0.4, 0.5) is 0 Å². The van der Waals surface area contributed by atoms with Gasteiger partial charge in [0.2, 0.25) is 0 Å². The molecule has 0 bridgehead atoms. The maximum absolute atomic E-state index is 9.35. The van der Waals surface area contributed by atoms with Crippen LogP contribution in [-0.4, -0.2) is 61.0 Å². The summed E-state index contributed by atoms with van der Waals surface area (Å²) in [7, 11) is 1.72. The molecule has 12 heteroatoms. The van der Waals surface area contributed by atoms with Gasteiger partial charge in [-0.25, -0.2) is 4.67 Å². The highest BCUT2D eigenvalue weighted by Gasteiger charge is 2.45. The van der Waals surface area contributed by atoms with Gasteiger partial charge in [0.05, 0.1) is 52.3 Å². The second-order valence-electron chi connectivity index (χ2n) is 13.6. The Kier molecular flexibility index (Phi) is 13.2. The number of pyridine rings is 1. The number of fused-ring (bicyclic) bond motifs is 1. The molecule has 3 heterocycles. The van der Waals surface area contributed by atoms with E-state index in [1.54, 1.807) is 20.5 Å². The Balaban J connectivity index is 1.43. The van der Waals surface area contributed by atoms with Crippen LogP contribution in [-0.2, 0) is 24.1 Å². The highest BCUT2D eigenvalue weighted by Crippen LogP contribution is 2.51. The van der Waals surface area contributed by atoms with Crippen molar-refractivity contribution in [2.45, 2.75) is 76.7 Å². The summed E-state index contributed by atoms with van der Waals surface area (Å²) in [4.78, 5) is 0. The highest BCUT2D eigenvalue weighted by atomic mass is 32.1. The number of furan rings is 1. The molecular formula is C42H48N3O7PS. The van der Waals surface area contributed by atoms with Gasteiger partial charge in [-0.2, -0.15) is 5.26 Å². The SMILES string of the molecule is COc1ccc(C(OC[C@H]2O[C@@H](n3ccc4ccoc4c3=S)C[C@@H]2OP(OCCC#N)N(C(C)C)C(C)C)(c2ccccc2)c2ccc(OC)cc2)cc1. The van der Waals surface area contributed by atoms with Gasteiger partial charge in [-0.15, -0.1) is 0 Å². The third kappa shape index (κ3) is 8.41. The molecule has 284 valence electrons. The van der Waals surface area contributed by atoms with E-state index in [1.165, 1.54) is 0 Å². The zero-order valence-electron chi connectivity index (χ0n) is 31.6. The fourth-order valence-electron chi connectivity index (χ4n) is 7.02. The first-order valence-corrected chi connectivity index (χ1v) is 19.7. The first-order valence-electron chi connectivity index (χ1n) is 18.2. The quantitative estimate of drug-likeness (QED) is 0.0393. The Morgan fingerprint density at radius 3 is 2.07 bits per heavy atom. The monoisotopic (exact) mass is 769 g/mol. The van der Waals surface area contributed by atoms with Gasteiger partial charge >= 0.3 is 0 Å². The normalized spacial score (nSPS) is 18.0. The van der Waals surface area contributed by atoms with E-state index in [9.17, 15) is 5.26 Å². The van der Waals surface area contributed by atoms with Crippen molar-refractivity contribution in [3.63, 3.8) is 0 Å². The van der Waals surface area contributed by atoms with Gasteiger partial charge < -0.3 is 37.0 Å². The summed E-state index contributed by atoms with van der Waals surface area (Å²) >= 11 is 5.92. The Morgan fingerprint density at radius 2 is 1.50 bits per heavy atom. The standard InChI is InChI=1S/C42H48N3O7PS/c1-29(2)45(30(3)4)53(50-25-10-23-43)52-37-27-39(44-24-21-31-22-26-48-40(31)41(44)54)51-38(37)28-49-42(32-11-8-7-9-12-32,33-13-17-35(46-5)18-14-33)34-15-19-36(47-6)20-16-34/h7-9,11-22,24,26,29-30,37-39H,10,25,27-28H2,1-6H3/t37-,38+,39+,53?/m0/s1. The second kappa shape index (κ2) is 18.0. The summed E-state index contributed by atoms with van der Waals surface area (Å²) in [5, 5.41) is 10.3. The van der Waals surface area contributed by atoms with Crippen LogP contribution in [0, 0.1) is 16.0 Å². The summed E-state index contributed by atoms with van der Waals surface area (Å²) in [5.41, 5.74) is 2.31. The molecule has 0 amide bonds. The third-order valence-electron chi connectivity index (χ3n) is 9.56. The van der Waals surface area contributed by atoms with Crippen LogP contribution in [0.5, 0.6) is 11.5 Å². The predicted molar refractivity (Wildman–Crippen MR) is 212 cm³/mol. The van der Waals surface area contributed by atoms with Gasteiger partial charge in [0.1, 0.15) is 29.4 Å². The van der Waals surface area contributed by atoms with E-state index in [0.29, 0.717) is 16.6 Å². The molecule has 1 aliphatic rings. The maximum atomic E-state index is 9.35. The summed E-state index contributed by atoms with van der Waals surface area (Å²) in [5.74, 6) is 1.47. The first kappa shape index (κ1) is 39.6. The number of methoxy groups -OCH3 is 2. The van der Waals surface area contributed by atoms with Gasteiger partial charge in [0, 0.05) is 30.1 Å². The molecule has 54 heavy (non-hydrogen) atoms. The van der Waals surface area contributed by atoms with Crippen LogP contribution in [0.1, 0.15) is 63.5 Å². The molecule has 10 nitrogen and oxygen atoms in total. The molecule has 2 aromatic heterocycles. The van der Waals surface area contributed by atoms with E-state index in [-0.39, 0.29) is 31.7 Å². The smallest absolute Gasteiger partial charge is 0.259 e. The maximum Gasteiger partial charge on any atom is 0.259 e. The molecule has 0 spiro atoms. The lowest BCUT2D eigenvalue weighted by molar-refractivity contribution is -0.0920. The summed E-state index contributed by atoms with van der Waals surface area (Å²) < 4.78 is 49.2. The van der Waals surface area contributed by atoms with Gasteiger partial charge in [-0.05, 0) is 80.8 Å². The lowest BCUT2D eigenvalue weighted by Crippen LogP contribution is -2.39. The van der Waals surface area contributed by atoms with Crippen molar-refractivity contribution in [3.05, 3.63) is 125 Å². The molecule has 3 aromatic carbocycles. The number of benzene rings is 3. The van der Waals surface area contributed by atoms with Crippen molar-refractivity contribution in [1.82, 2.24) is 9.24 Å². The minimum Gasteiger partial charge on any atom is -0.497 e. The number of rotatable bonds is 17. The zero-order valence-corrected chi connectivity index (χ0v) is 33.3. The number of ether oxygens (including phenoxy) is 4. The fraction of sp³-hybridized carbons (Fsp3) is 0.381.